The quantitative estimate of drug-likeness (QED) is 0.598. The lowest BCUT2D eigenvalue weighted by Gasteiger charge is -2.27. The van der Waals surface area contributed by atoms with Gasteiger partial charge in [0, 0.05) is 12.1 Å². The largest absolute Gasteiger partial charge is 0.480 e. The van der Waals surface area contributed by atoms with Crippen molar-refractivity contribution in [1.82, 2.24) is 9.97 Å². The Kier molecular flexibility index (Phi) is 1.99. The summed E-state index contributed by atoms with van der Waals surface area (Å²) in [5, 5.41) is 18.0. The average Bonchev–Trinajstić information content (AvgIpc) is 2.62. The number of nitrogens with zero attached hydrogens (tertiary/aromatic N) is 1. The Morgan fingerprint density at radius 3 is 2.67 bits per heavy atom. The van der Waals surface area contributed by atoms with Crippen LogP contribution >= 0.6 is 0 Å². The maximum Gasteiger partial charge on any atom is 0.321 e. The molecule has 1 aliphatic carbocycles. The first-order valence-electron chi connectivity index (χ1n) is 4.54. The Morgan fingerprint density at radius 2 is 2.07 bits per heavy atom. The number of aryl methyl sites for hydroxylation is 1. The summed E-state index contributed by atoms with van der Waals surface area (Å²) in [6.45, 7) is 0. The predicted molar refractivity (Wildman–Crippen MR) is 48.3 cm³/mol. The summed E-state index contributed by atoms with van der Waals surface area (Å²) < 4.78 is 0. The predicted octanol–water partition coefficient (Wildman–Crippen LogP) is 0.0540. The molecular formula is C9H10N2O4. The third-order valence-electron chi connectivity index (χ3n) is 2.90. The fourth-order valence-electron chi connectivity index (χ4n) is 1.89. The van der Waals surface area contributed by atoms with E-state index in [9.17, 15) is 9.59 Å². The van der Waals surface area contributed by atoms with Gasteiger partial charge in [-0.05, 0) is 12.8 Å². The zero-order valence-electron chi connectivity index (χ0n) is 7.86. The first kappa shape index (κ1) is 9.70. The molecule has 0 saturated heterocycles. The van der Waals surface area contributed by atoms with Gasteiger partial charge in [0.05, 0.1) is 12.0 Å². The molecule has 0 unspecified atom stereocenters. The maximum atomic E-state index is 11.0. The van der Waals surface area contributed by atoms with E-state index in [2.05, 4.69) is 9.97 Å². The Balaban J connectivity index is 2.40. The van der Waals surface area contributed by atoms with Gasteiger partial charge in [-0.1, -0.05) is 0 Å². The maximum absolute atomic E-state index is 11.0. The summed E-state index contributed by atoms with van der Waals surface area (Å²) in [6.07, 6.45) is 1.93. The molecule has 80 valence electrons. The van der Waals surface area contributed by atoms with Gasteiger partial charge in [-0.3, -0.25) is 9.59 Å². The molecule has 1 heterocycles. The Morgan fingerprint density at radius 1 is 1.40 bits per heavy atom. The molecule has 1 aliphatic rings. The number of hydrogen-bond donors (Lipinski definition) is 3. The zero-order chi connectivity index (χ0) is 11.1. The van der Waals surface area contributed by atoms with Crippen LogP contribution in [-0.4, -0.2) is 32.1 Å². The number of carbonyl (C=O) groups is 2. The molecular weight excluding hydrogens is 200 g/mol. The van der Waals surface area contributed by atoms with Gasteiger partial charge in [-0.2, -0.15) is 0 Å². The number of hydrogen-bond acceptors (Lipinski definition) is 3. The minimum Gasteiger partial charge on any atom is -0.480 e. The summed E-state index contributed by atoms with van der Waals surface area (Å²) >= 11 is 0. The van der Waals surface area contributed by atoms with Gasteiger partial charge in [-0.15, -0.1) is 0 Å². The van der Waals surface area contributed by atoms with Crippen molar-refractivity contribution in [3.63, 3.8) is 0 Å². The lowest BCUT2D eigenvalue weighted by Crippen LogP contribution is -2.44. The van der Waals surface area contributed by atoms with Gasteiger partial charge < -0.3 is 15.2 Å². The van der Waals surface area contributed by atoms with Gasteiger partial charge in [-0.25, -0.2) is 4.98 Å². The van der Waals surface area contributed by atoms with Crippen molar-refractivity contribution in [1.29, 1.82) is 0 Å². The number of carboxylic acid groups (broad SMARTS) is 2. The second-order valence-corrected chi connectivity index (χ2v) is 3.70. The minimum atomic E-state index is -1.71. The van der Waals surface area contributed by atoms with Crippen molar-refractivity contribution in [3.05, 3.63) is 17.7 Å². The van der Waals surface area contributed by atoms with E-state index in [0.717, 1.165) is 5.69 Å². The molecule has 2 rings (SSSR count). The molecule has 0 aromatic carbocycles. The van der Waals surface area contributed by atoms with E-state index in [4.69, 9.17) is 10.2 Å². The first-order chi connectivity index (χ1) is 7.06. The van der Waals surface area contributed by atoms with Crippen LogP contribution in [-0.2, 0) is 22.4 Å². The summed E-state index contributed by atoms with van der Waals surface area (Å²) in [7, 11) is 0. The Hall–Kier alpha value is -1.85. The van der Waals surface area contributed by atoms with E-state index in [1.807, 2.05) is 0 Å². The highest BCUT2D eigenvalue weighted by atomic mass is 16.4. The molecule has 0 radical (unpaired) electrons. The molecule has 0 fully saturated rings. The molecule has 1 aromatic rings. The molecule has 0 atom stereocenters. The van der Waals surface area contributed by atoms with Crippen LogP contribution in [0, 0.1) is 5.41 Å². The number of carboxylic acids is 2. The molecule has 0 saturated carbocycles. The first-order valence-corrected chi connectivity index (χ1v) is 4.54. The molecule has 6 heteroatoms. The lowest BCUT2D eigenvalue weighted by molar-refractivity contribution is -0.165. The van der Waals surface area contributed by atoms with Crippen molar-refractivity contribution < 1.29 is 19.8 Å². The number of rotatable bonds is 2. The fraction of sp³-hybridized carbons (Fsp3) is 0.444. The van der Waals surface area contributed by atoms with Crippen LogP contribution in [0.25, 0.3) is 0 Å². The van der Waals surface area contributed by atoms with E-state index in [1.165, 1.54) is 6.33 Å². The number of H-pyrrole nitrogens is 1. The van der Waals surface area contributed by atoms with Crippen molar-refractivity contribution in [2.24, 2.45) is 5.41 Å². The van der Waals surface area contributed by atoms with Crippen LogP contribution < -0.4 is 0 Å². The number of nitrogens with one attached hydrogen (secondary N) is 1. The molecule has 0 amide bonds. The topological polar surface area (TPSA) is 103 Å². The van der Waals surface area contributed by atoms with E-state index in [0.29, 0.717) is 12.1 Å². The average molecular weight is 210 g/mol. The van der Waals surface area contributed by atoms with E-state index >= 15 is 0 Å². The van der Waals surface area contributed by atoms with Crippen LogP contribution in [0.1, 0.15) is 17.8 Å². The number of aromatic amines is 1. The Bertz CT molecular complexity index is 410. The van der Waals surface area contributed by atoms with Crippen LogP contribution in [0.15, 0.2) is 6.33 Å². The fourth-order valence-corrected chi connectivity index (χ4v) is 1.89. The van der Waals surface area contributed by atoms with Gasteiger partial charge >= 0.3 is 11.9 Å². The van der Waals surface area contributed by atoms with Crippen LogP contribution in [0.3, 0.4) is 0 Å². The second-order valence-electron chi connectivity index (χ2n) is 3.70. The normalized spacial score (nSPS) is 18.1. The van der Waals surface area contributed by atoms with E-state index in [-0.39, 0.29) is 12.8 Å². The molecule has 0 aliphatic heterocycles. The highest BCUT2D eigenvalue weighted by Gasteiger charge is 2.49. The van der Waals surface area contributed by atoms with Crippen LogP contribution in [0.4, 0.5) is 0 Å². The number of imidazole rings is 1. The van der Waals surface area contributed by atoms with E-state index < -0.39 is 17.4 Å². The second kappa shape index (κ2) is 3.08. The van der Waals surface area contributed by atoms with Crippen molar-refractivity contribution in [2.45, 2.75) is 19.3 Å². The lowest BCUT2D eigenvalue weighted by atomic mass is 9.74. The Labute approximate surface area is 85.0 Å². The van der Waals surface area contributed by atoms with Crippen LogP contribution in [0.5, 0.6) is 0 Å². The molecule has 3 N–H and O–H groups in total. The third kappa shape index (κ3) is 1.29. The molecule has 15 heavy (non-hydrogen) atoms. The minimum absolute atomic E-state index is 0.0451. The number of aromatic nitrogens is 2. The van der Waals surface area contributed by atoms with Crippen molar-refractivity contribution in [2.75, 3.05) is 0 Å². The molecule has 0 spiro atoms. The van der Waals surface area contributed by atoms with Gasteiger partial charge in [0.1, 0.15) is 0 Å². The SMILES string of the molecule is O=C(O)C1(C(=O)O)CCc2[nH]cnc2C1. The third-order valence-corrected chi connectivity index (χ3v) is 2.90. The highest BCUT2D eigenvalue weighted by Crippen LogP contribution is 2.34. The van der Waals surface area contributed by atoms with Gasteiger partial charge in [0.25, 0.3) is 0 Å². The highest BCUT2D eigenvalue weighted by molar-refractivity contribution is 5.98. The summed E-state index contributed by atoms with van der Waals surface area (Å²) in [5.74, 6) is -2.58. The number of aliphatic carboxylic acids is 2. The summed E-state index contributed by atoms with van der Waals surface area (Å²) in [4.78, 5) is 28.9. The summed E-state index contributed by atoms with van der Waals surface area (Å²) in [5.41, 5.74) is -0.318. The van der Waals surface area contributed by atoms with Gasteiger partial charge in [0.2, 0.25) is 0 Å². The van der Waals surface area contributed by atoms with Gasteiger partial charge in [0.15, 0.2) is 5.41 Å². The monoisotopic (exact) mass is 210 g/mol. The van der Waals surface area contributed by atoms with Crippen molar-refractivity contribution in [3.8, 4) is 0 Å². The zero-order valence-corrected chi connectivity index (χ0v) is 7.86. The molecule has 6 nitrogen and oxygen atoms in total. The summed E-state index contributed by atoms with van der Waals surface area (Å²) in [6, 6.07) is 0. The standard InChI is InChI=1S/C9H10N2O4/c12-7(13)9(8(14)15)2-1-5-6(3-9)11-4-10-5/h4H,1-3H2,(H,10,11)(H,12,13)(H,14,15). The van der Waals surface area contributed by atoms with Crippen LogP contribution in [0.2, 0.25) is 0 Å². The smallest absolute Gasteiger partial charge is 0.321 e. The molecule has 0 bridgehead atoms. The molecule has 1 aromatic heterocycles. The van der Waals surface area contributed by atoms with Crippen molar-refractivity contribution >= 4 is 11.9 Å². The van der Waals surface area contributed by atoms with E-state index in [1.54, 1.807) is 0 Å². The number of fused-ring (bicyclic) bond motifs is 1.